The van der Waals surface area contributed by atoms with E-state index >= 15 is 0 Å². The average molecular weight is 401 g/mol. The number of anilines is 1. The van der Waals surface area contributed by atoms with Gasteiger partial charge in [0.25, 0.3) is 0 Å². The van der Waals surface area contributed by atoms with Gasteiger partial charge < -0.3 is 5.32 Å². The van der Waals surface area contributed by atoms with Crippen LogP contribution in [0.4, 0.5) is 10.1 Å². The van der Waals surface area contributed by atoms with Crippen molar-refractivity contribution in [1.82, 2.24) is 4.72 Å². The quantitative estimate of drug-likeness (QED) is 0.733. The first-order valence-electron chi connectivity index (χ1n) is 9.51. The van der Waals surface area contributed by atoms with Crippen LogP contribution in [0, 0.1) is 11.7 Å². The van der Waals surface area contributed by atoms with Crippen LogP contribution >= 0.6 is 0 Å². The SMILES string of the molecule is CC(C)(C)NS(=O)(=O)c1ccc2c(c1)C1C=CCC1C(c1ccc(F)cc1)N2. The number of halogens is 1. The molecular formula is C22H25FN2O2S. The van der Waals surface area contributed by atoms with Gasteiger partial charge in [0.15, 0.2) is 0 Å². The smallest absolute Gasteiger partial charge is 0.241 e. The van der Waals surface area contributed by atoms with Gasteiger partial charge in [0.1, 0.15) is 5.82 Å². The van der Waals surface area contributed by atoms with Crippen molar-refractivity contribution in [2.45, 2.75) is 49.6 Å². The summed E-state index contributed by atoms with van der Waals surface area (Å²) < 4.78 is 41.6. The summed E-state index contributed by atoms with van der Waals surface area (Å²) >= 11 is 0. The Morgan fingerprint density at radius 3 is 2.50 bits per heavy atom. The van der Waals surface area contributed by atoms with Gasteiger partial charge in [-0.1, -0.05) is 24.3 Å². The summed E-state index contributed by atoms with van der Waals surface area (Å²) in [7, 11) is -3.59. The Bertz CT molecular complexity index is 1020. The Morgan fingerprint density at radius 2 is 1.82 bits per heavy atom. The van der Waals surface area contributed by atoms with Crippen LogP contribution in [-0.4, -0.2) is 14.0 Å². The van der Waals surface area contributed by atoms with Crippen LogP contribution in [0.5, 0.6) is 0 Å². The maximum atomic E-state index is 13.3. The highest BCUT2D eigenvalue weighted by molar-refractivity contribution is 7.89. The van der Waals surface area contributed by atoms with E-state index in [1.807, 2.05) is 39.0 Å². The van der Waals surface area contributed by atoms with E-state index in [0.717, 1.165) is 23.2 Å². The lowest BCUT2D eigenvalue weighted by Crippen LogP contribution is -2.40. The van der Waals surface area contributed by atoms with Gasteiger partial charge in [-0.05, 0) is 74.6 Å². The van der Waals surface area contributed by atoms with Gasteiger partial charge in [-0.15, -0.1) is 0 Å². The molecule has 4 nitrogen and oxygen atoms in total. The summed E-state index contributed by atoms with van der Waals surface area (Å²) in [6.45, 7) is 5.48. The van der Waals surface area contributed by atoms with E-state index in [0.29, 0.717) is 0 Å². The van der Waals surface area contributed by atoms with Gasteiger partial charge in [-0.3, -0.25) is 0 Å². The lowest BCUT2D eigenvalue weighted by Gasteiger charge is -2.37. The fourth-order valence-electron chi connectivity index (χ4n) is 4.20. The molecule has 3 atom stereocenters. The Morgan fingerprint density at radius 1 is 1.11 bits per heavy atom. The number of rotatable bonds is 3. The molecule has 3 unspecified atom stereocenters. The van der Waals surface area contributed by atoms with Crippen molar-refractivity contribution in [3.05, 3.63) is 71.6 Å². The first-order chi connectivity index (χ1) is 13.1. The molecule has 0 aromatic heterocycles. The van der Waals surface area contributed by atoms with Crippen molar-refractivity contribution in [1.29, 1.82) is 0 Å². The fourth-order valence-corrected chi connectivity index (χ4v) is 5.66. The maximum Gasteiger partial charge on any atom is 0.241 e. The van der Waals surface area contributed by atoms with Gasteiger partial charge >= 0.3 is 0 Å². The third-order valence-electron chi connectivity index (χ3n) is 5.31. The summed E-state index contributed by atoms with van der Waals surface area (Å²) in [5.41, 5.74) is 2.42. The van der Waals surface area contributed by atoms with E-state index in [-0.39, 0.29) is 28.6 Å². The third-order valence-corrected chi connectivity index (χ3v) is 7.07. The first-order valence-corrected chi connectivity index (χ1v) is 11.0. The van der Waals surface area contributed by atoms with E-state index in [1.165, 1.54) is 12.1 Å². The number of nitrogens with one attached hydrogen (secondary N) is 2. The van der Waals surface area contributed by atoms with Gasteiger partial charge in [0, 0.05) is 17.1 Å². The molecule has 1 aliphatic carbocycles. The van der Waals surface area contributed by atoms with Crippen molar-refractivity contribution in [2.24, 2.45) is 5.92 Å². The largest absolute Gasteiger partial charge is 0.378 e. The molecular weight excluding hydrogens is 375 g/mol. The molecule has 28 heavy (non-hydrogen) atoms. The van der Waals surface area contributed by atoms with Crippen molar-refractivity contribution >= 4 is 15.7 Å². The molecule has 2 aromatic carbocycles. The molecule has 0 saturated carbocycles. The Kier molecular flexibility index (Phi) is 4.59. The maximum absolute atomic E-state index is 13.3. The van der Waals surface area contributed by atoms with Crippen molar-refractivity contribution in [3.8, 4) is 0 Å². The minimum atomic E-state index is -3.59. The van der Waals surface area contributed by atoms with E-state index < -0.39 is 15.6 Å². The first kappa shape index (κ1) is 19.2. The zero-order valence-electron chi connectivity index (χ0n) is 16.2. The molecule has 6 heteroatoms. The van der Waals surface area contributed by atoms with Crippen LogP contribution in [0.3, 0.4) is 0 Å². The predicted octanol–water partition coefficient (Wildman–Crippen LogP) is 4.73. The van der Waals surface area contributed by atoms with Crippen molar-refractivity contribution in [3.63, 3.8) is 0 Å². The normalized spacial score (nSPS) is 23.8. The van der Waals surface area contributed by atoms with Gasteiger partial charge in [0.2, 0.25) is 10.0 Å². The molecule has 0 amide bonds. The molecule has 4 rings (SSSR count). The molecule has 1 heterocycles. The van der Waals surface area contributed by atoms with E-state index in [4.69, 9.17) is 0 Å². The van der Waals surface area contributed by atoms with Crippen molar-refractivity contribution in [2.75, 3.05) is 5.32 Å². The molecule has 0 spiro atoms. The standard InChI is InChI=1S/C22H25FN2O2S/c1-22(2,3)25-28(26,27)16-11-12-20-19(13-16)17-5-4-6-18(17)21(24-20)14-7-9-15(23)10-8-14/h4-5,7-13,17-18,21,24-25H,6H2,1-3H3. The molecule has 0 radical (unpaired) electrons. The molecule has 2 aromatic rings. The zero-order chi connectivity index (χ0) is 20.1. The minimum absolute atomic E-state index is 0.0586. The summed E-state index contributed by atoms with van der Waals surface area (Å²) in [6.07, 6.45) is 5.21. The molecule has 0 fully saturated rings. The number of allylic oxidation sites excluding steroid dienone is 2. The second-order valence-corrected chi connectivity index (χ2v) is 10.3. The lowest BCUT2D eigenvalue weighted by molar-refractivity contribution is 0.424. The highest BCUT2D eigenvalue weighted by atomic mass is 32.2. The molecule has 0 saturated heterocycles. The van der Waals surface area contributed by atoms with Gasteiger partial charge in [0.05, 0.1) is 10.9 Å². The summed E-state index contributed by atoms with van der Waals surface area (Å²) in [4.78, 5) is 0.280. The Hall–Kier alpha value is -2.18. The van der Waals surface area contributed by atoms with Gasteiger partial charge in [-0.2, -0.15) is 0 Å². The molecule has 1 aliphatic heterocycles. The van der Waals surface area contributed by atoms with Crippen LogP contribution in [0.2, 0.25) is 0 Å². The van der Waals surface area contributed by atoms with E-state index in [2.05, 4.69) is 22.2 Å². The number of sulfonamides is 1. The zero-order valence-corrected chi connectivity index (χ0v) is 17.1. The average Bonchev–Trinajstić information content (AvgIpc) is 3.09. The molecule has 2 aliphatic rings. The summed E-state index contributed by atoms with van der Waals surface area (Å²) in [6, 6.07) is 11.9. The van der Waals surface area contributed by atoms with Crippen LogP contribution < -0.4 is 10.0 Å². The summed E-state index contributed by atoms with van der Waals surface area (Å²) in [5.74, 6) is 0.157. The van der Waals surface area contributed by atoms with Gasteiger partial charge in [-0.25, -0.2) is 17.5 Å². The number of hydrogen-bond acceptors (Lipinski definition) is 3. The number of benzene rings is 2. The fraction of sp³-hybridized carbons (Fsp3) is 0.364. The third kappa shape index (κ3) is 3.59. The highest BCUT2D eigenvalue weighted by Gasteiger charge is 2.38. The minimum Gasteiger partial charge on any atom is -0.378 e. The molecule has 2 N–H and O–H groups in total. The predicted molar refractivity (Wildman–Crippen MR) is 109 cm³/mol. The summed E-state index contributed by atoms with van der Waals surface area (Å²) in [5, 5.41) is 3.55. The van der Waals surface area contributed by atoms with Crippen molar-refractivity contribution < 1.29 is 12.8 Å². The second-order valence-electron chi connectivity index (χ2n) is 8.63. The lowest BCUT2D eigenvalue weighted by atomic mass is 9.77. The van der Waals surface area contributed by atoms with Crippen LogP contribution in [0.25, 0.3) is 0 Å². The Labute approximate surface area is 165 Å². The van der Waals surface area contributed by atoms with E-state index in [9.17, 15) is 12.8 Å². The van der Waals surface area contributed by atoms with Crippen LogP contribution in [-0.2, 0) is 10.0 Å². The van der Waals surface area contributed by atoms with E-state index in [1.54, 1.807) is 12.1 Å². The second kappa shape index (κ2) is 6.71. The molecule has 0 bridgehead atoms. The number of fused-ring (bicyclic) bond motifs is 3. The van der Waals surface area contributed by atoms with Crippen LogP contribution in [0.1, 0.15) is 50.3 Å². The topological polar surface area (TPSA) is 58.2 Å². The highest BCUT2D eigenvalue weighted by Crippen LogP contribution is 2.50. The Balaban J connectivity index is 1.72. The number of hydrogen-bond donors (Lipinski definition) is 2. The molecule has 148 valence electrons. The monoisotopic (exact) mass is 400 g/mol. The van der Waals surface area contributed by atoms with Crippen LogP contribution in [0.15, 0.2) is 59.5 Å².